The molecule has 0 aromatic heterocycles. The van der Waals surface area contributed by atoms with Crippen LogP contribution in [0.2, 0.25) is 0 Å². The summed E-state index contributed by atoms with van der Waals surface area (Å²) in [6, 6.07) is -0.985. The third-order valence-electron chi connectivity index (χ3n) is 1.72. The first-order valence-electron chi connectivity index (χ1n) is 4.36. The molecule has 2 amide bonds. The Balaban J connectivity index is 4.12. The van der Waals surface area contributed by atoms with Crippen molar-refractivity contribution >= 4 is 30.0 Å². The molecule has 4 N–H and O–H groups in total. The highest BCUT2D eigenvalue weighted by Crippen LogP contribution is 2.15. The van der Waals surface area contributed by atoms with E-state index in [2.05, 4.69) is 5.32 Å². The summed E-state index contributed by atoms with van der Waals surface area (Å²) in [6.07, 6.45) is 0.859. The number of rotatable bonds is 8. The fourth-order valence-corrected chi connectivity index (χ4v) is 1.95. The van der Waals surface area contributed by atoms with Gasteiger partial charge in [-0.1, -0.05) is 6.92 Å². The molecule has 0 aromatic rings. The van der Waals surface area contributed by atoms with Crippen LogP contribution in [0.15, 0.2) is 0 Å². The second-order valence-corrected chi connectivity index (χ2v) is 4.04. The molecule has 15 heavy (non-hydrogen) atoms. The first-order valence-corrected chi connectivity index (χ1v) is 5.41. The van der Waals surface area contributed by atoms with E-state index in [0.29, 0.717) is 12.8 Å². The zero-order valence-corrected chi connectivity index (χ0v) is 9.12. The molecule has 0 saturated heterocycles. The van der Waals surface area contributed by atoms with Gasteiger partial charge in [0.2, 0.25) is 12.3 Å². The van der Waals surface area contributed by atoms with Crippen molar-refractivity contribution in [3.05, 3.63) is 0 Å². The minimum atomic E-state index is -1.13. The summed E-state index contributed by atoms with van der Waals surface area (Å²) < 4.78 is 0. The van der Waals surface area contributed by atoms with Crippen LogP contribution in [0.4, 0.5) is 0 Å². The molecule has 0 rings (SSSR count). The number of aliphatic carboxylic acids is 1. The van der Waals surface area contributed by atoms with Gasteiger partial charge in [0.15, 0.2) is 0 Å². The predicted octanol–water partition coefficient (Wildman–Crippen LogP) is -0.817. The summed E-state index contributed by atoms with van der Waals surface area (Å²) in [5, 5.41) is 10.4. The molecular formula is C8H14N2O4S. The van der Waals surface area contributed by atoms with Gasteiger partial charge in [-0.25, -0.2) is 4.79 Å². The van der Waals surface area contributed by atoms with Crippen LogP contribution in [0.1, 0.15) is 13.3 Å². The number of hydrogen-bond acceptors (Lipinski definition) is 4. The molecule has 0 aromatic carbocycles. The van der Waals surface area contributed by atoms with Gasteiger partial charge in [-0.3, -0.25) is 9.59 Å². The minimum Gasteiger partial charge on any atom is -0.480 e. The van der Waals surface area contributed by atoms with Gasteiger partial charge < -0.3 is 16.2 Å². The molecule has 0 heterocycles. The molecule has 6 nitrogen and oxygen atoms in total. The average molecular weight is 234 g/mol. The van der Waals surface area contributed by atoms with E-state index in [4.69, 9.17) is 10.8 Å². The number of carbonyl (C=O) groups excluding carboxylic acids is 2. The van der Waals surface area contributed by atoms with Gasteiger partial charge in [-0.15, -0.1) is 11.8 Å². The monoisotopic (exact) mass is 234 g/mol. The zero-order valence-electron chi connectivity index (χ0n) is 8.30. The standard InChI is InChI=1S/C8H14N2O4S/c1-2-6(7(9)12)15-3-5(8(13)14)10-4-11/h4-6H,2-3H2,1H3,(H2,9,12)(H,10,11)(H,13,14). The Morgan fingerprint density at radius 3 is 2.53 bits per heavy atom. The molecule has 0 spiro atoms. The number of carbonyl (C=O) groups is 3. The summed E-state index contributed by atoms with van der Waals surface area (Å²) in [7, 11) is 0. The molecule has 0 aliphatic carbocycles. The molecular weight excluding hydrogens is 220 g/mol. The predicted molar refractivity (Wildman–Crippen MR) is 56.4 cm³/mol. The van der Waals surface area contributed by atoms with Gasteiger partial charge in [0.05, 0.1) is 5.25 Å². The number of nitrogens with one attached hydrogen (secondary N) is 1. The lowest BCUT2D eigenvalue weighted by Gasteiger charge is -2.14. The maximum atomic E-state index is 10.8. The fraction of sp³-hybridized carbons (Fsp3) is 0.625. The quantitative estimate of drug-likeness (QED) is 0.475. The van der Waals surface area contributed by atoms with Crippen molar-refractivity contribution in [2.45, 2.75) is 24.6 Å². The summed E-state index contributed by atoms with van der Waals surface area (Å²) in [5.41, 5.74) is 5.09. The number of amides is 2. The number of carboxylic acids is 1. The van der Waals surface area contributed by atoms with Gasteiger partial charge in [0.1, 0.15) is 6.04 Å². The Morgan fingerprint density at radius 2 is 2.20 bits per heavy atom. The lowest BCUT2D eigenvalue weighted by atomic mass is 10.3. The first-order chi connectivity index (χ1) is 7.02. The summed E-state index contributed by atoms with van der Waals surface area (Å²) >= 11 is 1.13. The molecule has 2 unspecified atom stereocenters. The van der Waals surface area contributed by atoms with Gasteiger partial charge >= 0.3 is 5.97 Å². The Hall–Kier alpha value is -1.24. The van der Waals surface area contributed by atoms with Crippen LogP contribution < -0.4 is 11.1 Å². The number of thioether (sulfide) groups is 1. The molecule has 0 bridgehead atoms. The van der Waals surface area contributed by atoms with Gasteiger partial charge in [0.25, 0.3) is 0 Å². The molecule has 0 radical (unpaired) electrons. The highest BCUT2D eigenvalue weighted by Gasteiger charge is 2.20. The number of nitrogens with two attached hydrogens (primary N) is 1. The molecule has 0 fully saturated rings. The highest BCUT2D eigenvalue weighted by atomic mass is 32.2. The van der Waals surface area contributed by atoms with E-state index in [1.165, 1.54) is 0 Å². The highest BCUT2D eigenvalue weighted by molar-refractivity contribution is 8.00. The van der Waals surface area contributed by atoms with Crippen molar-refractivity contribution in [1.82, 2.24) is 5.32 Å². The fourth-order valence-electron chi connectivity index (χ4n) is 0.886. The van der Waals surface area contributed by atoms with Crippen LogP contribution in [-0.2, 0) is 14.4 Å². The van der Waals surface area contributed by atoms with E-state index in [1.54, 1.807) is 6.92 Å². The van der Waals surface area contributed by atoms with E-state index in [9.17, 15) is 14.4 Å². The molecule has 0 aliphatic rings. The van der Waals surface area contributed by atoms with Crippen molar-refractivity contribution in [2.75, 3.05) is 5.75 Å². The van der Waals surface area contributed by atoms with Gasteiger partial charge in [0, 0.05) is 5.75 Å². The lowest BCUT2D eigenvalue weighted by Crippen LogP contribution is -2.39. The van der Waals surface area contributed by atoms with E-state index >= 15 is 0 Å². The maximum absolute atomic E-state index is 10.8. The first kappa shape index (κ1) is 13.8. The van der Waals surface area contributed by atoms with Crippen molar-refractivity contribution in [2.24, 2.45) is 5.73 Å². The molecule has 0 aliphatic heterocycles. The summed E-state index contributed by atoms with van der Waals surface area (Å²) in [6.45, 7) is 1.78. The van der Waals surface area contributed by atoms with E-state index in [0.717, 1.165) is 11.8 Å². The van der Waals surface area contributed by atoms with Gasteiger partial charge in [-0.2, -0.15) is 0 Å². The average Bonchev–Trinajstić information content (AvgIpc) is 2.16. The maximum Gasteiger partial charge on any atom is 0.327 e. The normalized spacial score (nSPS) is 13.9. The Labute approximate surface area is 91.6 Å². The molecule has 2 atom stereocenters. The van der Waals surface area contributed by atoms with Crippen molar-refractivity contribution in [1.29, 1.82) is 0 Å². The minimum absolute atomic E-state index is 0.121. The van der Waals surface area contributed by atoms with E-state index in [-0.39, 0.29) is 5.75 Å². The van der Waals surface area contributed by atoms with E-state index < -0.39 is 23.2 Å². The SMILES string of the molecule is CCC(SCC(NC=O)C(=O)O)C(N)=O. The Kier molecular flexibility index (Phi) is 6.52. The molecule has 7 heteroatoms. The second kappa shape index (κ2) is 7.10. The van der Waals surface area contributed by atoms with E-state index in [1.807, 2.05) is 0 Å². The Morgan fingerprint density at radius 1 is 1.60 bits per heavy atom. The molecule has 86 valence electrons. The van der Waals surface area contributed by atoms with Crippen LogP contribution in [-0.4, -0.2) is 40.4 Å². The van der Waals surface area contributed by atoms with Crippen LogP contribution in [0.5, 0.6) is 0 Å². The lowest BCUT2D eigenvalue weighted by molar-refractivity contribution is -0.139. The largest absolute Gasteiger partial charge is 0.480 e. The van der Waals surface area contributed by atoms with Crippen LogP contribution in [0, 0.1) is 0 Å². The number of carboxylic acid groups (broad SMARTS) is 1. The summed E-state index contributed by atoms with van der Waals surface area (Å²) in [5.74, 6) is -1.48. The van der Waals surface area contributed by atoms with Crippen LogP contribution in [0.3, 0.4) is 0 Å². The van der Waals surface area contributed by atoms with Crippen LogP contribution in [0.25, 0.3) is 0 Å². The summed E-state index contributed by atoms with van der Waals surface area (Å²) in [4.78, 5) is 31.5. The second-order valence-electron chi connectivity index (χ2n) is 2.81. The third-order valence-corrected chi connectivity index (χ3v) is 3.21. The third kappa shape index (κ3) is 5.26. The Bertz CT molecular complexity index is 247. The topological polar surface area (TPSA) is 109 Å². The molecule has 0 saturated carbocycles. The number of hydrogen-bond donors (Lipinski definition) is 3. The van der Waals surface area contributed by atoms with Crippen LogP contribution >= 0.6 is 11.8 Å². The zero-order chi connectivity index (χ0) is 11.8. The van der Waals surface area contributed by atoms with Gasteiger partial charge in [-0.05, 0) is 6.42 Å². The van der Waals surface area contributed by atoms with Crippen molar-refractivity contribution in [3.8, 4) is 0 Å². The van der Waals surface area contributed by atoms with Crippen molar-refractivity contribution < 1.29 is 19.5 Å². The smallest absolute Gasteiger partial charge is 0.327 e. The number of primary amides is 1. The van der Waals surface area contributed by atoms with Crippen molar-refractivity contribution in [3.63, 3.8) is 0 Å².